The molecule has 5 nitrogen and oxygen atoms in total. The summed E-state index contributed by atoms with van der Waals surface area (Å²) in [5, 5.41) is 10.2. The summed E-state index contributed by atoms with van der Waals surface area (Å²) in [6.45, 7) is 0. The van der Waals surface area contributed by atoms with E-state index in [2.05, 4.69) is 20.5 Å². The van der Waals surface area contributed by atoms with E-state index >= 15 is 0 Å². The van der Waals surface area contributed by atoms with E-state index in [0.29, 0.717) is 20.0 Å². The molecule has 1 aliphatic rings. The average molecular weight is 232 g/mol. The summed E-state index contributed by atoms with van der Waals surface area (Å²) >= 11 is 7.47. The highest BCUT2D eigenvalue weighted by molar-refractivity contribution is 8.15. The highest BCUT2D eigenvalue weighted by Gasteiger charge is 2.16. The van der Waals surface area contributed by atoms with Crippen molar-refractivity contribution in [1.82, 2.24) is 15.5 Å². The topological polar surface area (TPSA) is 70.1 Å². The van der Waals surface area contributed by atoms with Crippen LogP contribution in [0.25, 0.3) is 0 Å². The van der Waals surface area contributed by atoms with Crippen LogP contribution in [0.15, 0.2) is 4.99 Å². The fourth-order valence-electron chi connectivity index (χ4n) is 0.742. The second-order valence-corrected chi connectivity index (χ2v) is 4.76. The number of H-pyrrole nitrogens is 1. The number of hydrogen-bond acceptors (Lipinski definition) is 6. The van der Waals surface area contributed by atoms with Crippen LogP contribution in [0, 0.1) is 3.95 Å². The smallest absolute Gasteiger partial charge is 0.236 e. The number of carbonyl (C=O) groups is 1. The molecule has 1 aromatic heterocycles. The van der Waals surface area contributed by atoms with E-state index in [-0.39, 0.29) is 5.91 Å². The number of amidine groups is 1. The molecule has 0 radical (unpaired) electrons. The quantitative estimate of drug-likeness (QED) is 0.710. The number of nitrogens with zero attached hydrogens (tertiary/aromatic N) is 2. The van der Waals surface area contributed by atoms with E-state index in [1.165, 1.54) is 23.1 Å². The maximum absolute atomic E-state index is 10.8. The van der Waals surface area contributed by atoms with E-state index in [0.717, 1.165) is 0 Å². The van der Waals surface area contributed by atoms with E-state index in [1.54, 1.807) is 0 Å². The summed E-state index contributed by atoms with van der Waals surface area (Å²) in [6.07, 6.45) is 0. The molecule has 1 amide bonds. The van der Waals surface area contributed by atoms with Gasteiger partial charge in [-0.05, 0) is 12.2 Å². The SMILES string of the molecule is O=C1CS/C(=N\c2n[nH]c(=S)s2)N1. The first-order valence-corrected chi connectivity index (χ1v) is 5.52. The number of hydrogen-bond donors (Lipinski definition) is 2. The third-order valence-electron chi connectivity index (χ3n) is 1.21. The first kappa shape index (κ1) is 8.85. The number of carbonyl (C=O) groups excluding carboxylic acids is 1. The Labute approximate surface area is 86.7 Å². The van der Waals surface area contributed by atoms with Gasteiger partial charge in [-0.2, -0.15) is 4.99 Å². The van der Waals surface area contributed by atoms with Crippen molar-refractivity contribution in [2.75, 3.05) is 5.75 Å². The zero-order valence-electron chi connectivity index (χ0n) is 6.23. The Kier molecular flexibility index (Phi) is 2.42. The average Bonchev–Trinajstić information content (AvgIpc) is 2.62. The van der Waals surface area contributed by atoms with Crippen LogP contribution in [-0.4, -0.2) is 27.0 Å². The van der Waals surface area contributed by atoms with Crippen LogP contribution in [0.3, 0.4) is 0 Å². The molecule has 13 heavy (non-hydrogen) atoms. The van der Waals surface area contributed by atoms with Gasteiger partial charge < -0.3 is 5.32 Å². The molecular weight excluding hydrogens is 228 g/mol. The largest absolute Gasteiger partial charge is 0.304 e. The van der Waals surface area contributed by atoms with Crippen molar-refractivity contribution >= 4 is 51.5 Å². The molecule has 0 aromatic carbocycles. The molecule has 68 valence electrons. The Morgan fingerprint density at radius 3 is 3.00 bits per heavy atom. The summed E-state index contributed by atoms with van der Waals surface area (Å²) in [5.41, 5.74) is 0. The number of aromatic amines is 1. The van der Waals surface area contributed by atoms with Gasteiger partial charge in [-0.3, -0.25) is 9.89 Å². The number of aromatic nitrogens is 2. The second-order valence-electron chi connectivity index (χ2n) is 2.15. The molecule has 8 heteroatoms. The molecule has 1 aliphatic heterocycles. The Hall–Kier alpha value is -0.730. The maximum Gasteiger partial charge on any atom is 0.236 e. The van der Waals surface area contributed by atoms with Crippen LogP contribution in [0.5, 0.6) is 0 Å². The molecular formula is C5H4N4OS3. The molecule has 2 N–H and O–H groups in total. The predicted octanol–water partition coefficient (Wildman–Crippen LogP) is 1.05. The lowest BCUT2D eigenvalue weighted by Gasteiger charge is -1.89. The van der Waals surface area contributed by atoms with Crippen LogP contribution in [0.4, 0.5) is 5.13 Å². The molecule has 0 aliphatic carbocycles. The van der Waals surface area contributed by atoms with Gasteiger partial charge in [0.25, 0.3) is 0 Å². The third kappa shape index (κ3) is 2.14. The Bertz CT molecular complexity index is 419. The standard InChI is InChI=1S/C5H4N4OS3/c10-2-1-12-3(6-2)7-4-8-9-5(11)13-4/h1H2,(H,9,11)(H,6,7,8,10). The monoisotopic (exact) mass is 232 g/mol. The number of amides is 1. The van der Waals surface area contributed by atoms with Gasteiger partial charge in [-0.1, -0.05) is 23.1 Å². The van der Waals surface area contributed by atoms with Gasteiger partial charge in [0.05, 0.1) is 5.75 Å². The van der Waals surface area contributed by atoms with E-state index < -0.39 is 0 Å². The van der Waals surface area contributed by atoms with Crippen molar-refractivity contribution in [3.8, 4) is 0 Å². The first-order chi connectivity index (χ1) is 6.24. The fraction of sp³-hybridized carbons (Fsp3) is 0.200. The van der Waals surface area contributed by atoms with Crippen molar-refractivity contribution in [2.45, 2.75) is 0 Å². The molecule has 2 heterocycles. The van der Waals surface area contributed by atoms with E-state index in [4.69, 9.17) is 12.2 Å². The van der Waals surface area contributed by atoms with Gasteiger partial charge in [-0.15, -0.1) is 5.10 Å². The van der Waals surface area contributed by atoms with E-state index in [9.17, 15) is 4.79 Å². The zero-order valence-corrected chi connectivity index (χ0v) is 8.68. The lowest BCUT2D eigenvalue weighted by molar-refractivity contribution is -0.116. The minimum Gasteiger partial charge on any atom is -0.304 e. The van der Waals surface area contributed by atoms with Crippen LogP contribution in [-0.2, 0) is 4.79 Å². The number of aliphatic imine (C=N–C) groups is 1. The van der Waals surface area contributed by atoms with Gasteiger partial charge in [0.15, 0.2) is 9.12 Å². The Morgan fingerprint density at radius 2 is 2.46 bits per heavy atom. The first-order valence-electron chi connectivity index (χ1n) is 3.31. The van der Waals surface area contributed by atoms with Gasteiger partial charge in [-0.25, -0.2) is 0 Å². The minimum absolute atomic E-state index is 0.0251. The van der Waals surface area contributed by atoms with E-state index in [1.807, 2.05) is 0 Å². The summed E-state index contributed by atoms with van der Waals surface area (Å²) in [4.78, 5) is 14.9. The molecule has 0 atom stereocenters. The normalized spacial score (nSPS) is 19.4. The third-order valence-corrected chi connectivity index (χ3v) is 3.07. The van der Waals surface area contributed by atoms with Crippen LogP contribution in [0.2, 0.25) is 0 Å². The van der Waals surface area contributed by atoms with Crippen molar-refractivity contribution in [3.63, 3.8) is 0 Å². The van der Waals surface area contributed by atoms with Crippen molar-refractivity contribution in [1.29, 1.82) is 0 Å². The van der Waals surface area contributed by atoms with Crippen molar-refractivity contribution in [2.24, 2.45) is 4.99 Å². The van der Waals surface area contributed by atoms with Gasteiger partial charge in [0, 0.05) is 0 Å². The van der Waals surface area contributed by atoms with Crippen LogP contribution < -0.4 is 5.32 Å². The summed E-state index contributed by atoms with van der Waals surface area (Å²) in [5.74, 6) is 0.400. The predicted molar refractivity (Wildman–Crippen MR) is 55.0 cm³/mol. The number of thioether (sulfide) groups is 1. The highest BCUT2D eigenvalue weighted by atomic mass is 32.2. The van der Waals surface area contributed by atoms with Crippen LogP contribution >= 0.6 is 35.3 Å². The molecule has 2 rings (SSSR count). The van der Waals surface area contributed by atoms with Crippen molar-refractivity contribution in [3.05, 3.63) is 3.95 Å². The van der Waals surface area contributed by atoms with Crippen LogP contribution in [0.1, 0.15) is 0 Å². The zero-order chi connectivity index (χ0) is 9.26. The van der Waals surface area contributed by atoms with Gasteiger partial charge in [0.2, 0.25) is 11.0 Å². The Balaban J connectivity index is 2.21. The number of rotatable bonds is 1. The lowest BCUT2D eigenvalue weighted by atomic mass is 10.7. The Morgan fingerprint density at radius 1 is 1.62 bits per heavy atom. The van der Waals surface area contributed by atoms with Gasteiger partial charge >= 0.3 is 0 Å². The second kappa shape index (κ2) is 3.56. The summed E-state index contributed by atoms with van der Waals surface area (Å²) < 4.78 is 0.577. The number of nitrogens with one attached hydrogen (secondary N) is 2. The van der Waals surface area contributed by atoms with Gasteiger partial charge in [0.1, 0.15) is 0 Å². The van der Waals surface area contributed by atoms with Crippen molar-refractivity contribution < 1.29 is 4.79 Å². The molecule has 1 fully saturated rings. The maximum atomic E-state index is 10.8. The highest BCUT2D eigenvalue weighted by Crippen LogP contribution is 2.19. The molecule has 1 saturated heterocycles. The molecule has 0 bridgehead atoms. The minimum atomic E-state index is -0.0251. The molecule has 0 spiro atoms. The fourth-order valence-corrected chi connectivity index (χ4v) is 2.23. The summed E-state index contributed by atoms with van der Waals surface area (Å²) in [6, 6.07) is 0. The molecule has 1 aromatic rings. The summed E-state index contributed by atoms with van der Waals surface area (Å²) in [7, 11) is 0. The molecule has 0 saturated carbocycles. The lowest BCUT2D eigenvalue weighted by Crippen LogP contribution is -2.19. The molecule has 0 unspecified atom stereocenters.